The van der Waals surface area contributed by atoms with E-state index >= 15 is 0 Å². The molecule has 0 aliphatic rings. The highest BCUT2D eigenvalue weighted by Gasteiger charge is 2.11. The van der Waals surface area contributed by atoms with Crippen molar-refractivity contribution in [3.05, 3.63) is 29.2 Å². The van der Waals surface area contributed by atoms with Crippen LogP contribution in [0.25, 0.3) is 0 Å². The van der Waals surface area contributed by atoms with Crippen LogP contribution in [-0.2, 0) is 16.1 Å². The Bertz CT molecular complexity index is 325. The number of hydrogen-bond acceptors (Lipinski definition) is 5. The SMILES string of the molecule is C=CCN(CC(=O)OCC)Cc1cscn1. The number of carbonyl (C=O) groups is 1. The quantitative estimate of drug-likeness (QED) is 0.537. The number of thiazole rings is 1. The number of rotatable bonds is 7. The maximum absolute atomic E-state index is 11.3. The molecule has 1 aromatic rings. The first-order chi connectivity index (χ1) is 7.76. The van der Waals surface area contributed by atoms with Gasteiger partial charge in [-0.2, -0.15) is 0 Å². The summed E-state index contributed by atoms with van der Waals surface area (Å²) in [6, 6.07) is 0. The van der Waals surface area contributed by atoms with Gasteiger partial charge >= 0.3 is 5.97 Å². The van der Waals surface area contributed by atoms with Gasteiger partial charge in [-0.1, -0.05) is 6.08 Å². The molecule has 1 aromatic heterocycles. The third-order valence-corrected chi connectivity index (χ3v) is 2.55. The van der Waals surface area contributed by atoms with Crippen LogP contribution in [0.3, 0.4) is 0 Å². The molecule has 0 aromatic carbocycles. The number of nitrogens with zero attached hydrogens (tertiary/aromatic N) is 2. The van der Waals surface area contributed by atoms with E-state index in [4.69, 9.17) is 4.74 Å². The second kappa shape index (κ2) is 7.14. The monoisotopic (exact) mass is 240 g/mol. The largest absolute Gasteiger partial charge is 0.465 e. The lowest BCUT2D eigenvalue weighted by Gasteiger charge is -2.18. The van der Waals surface area contributed by atoms with Gasteiger partial charge in [0.2, 0.25) is 0 Å². The van der Waals surface area contributed by atoms with Crippen LogP contribution in [0.2, 0.25) is 0 Å². The normalized spacial score (nSPS) is 10.4. The average molecular weight is 240 g/mol. The van der Waals surface area contributed by atoms with Gasteiger partial charge in [0.25, 0.3) is 0 Å². The minimum Gasteiger partial charge on any atom is -0.465 e. The third-order valence-electron chi connectivity index (χ3n) is 1.91. The molecule has 0 aliphatic carbocycles. The Morgan fingerprint density at radius 3 is 3.12 bits per heavy atom. The first kappa shape index (κ1) is 12.9. The summed E-state index contributed by atoms with van der Waals surface area (Å²) in [5, 5.41) is 1.97. The van der Waals surface area contributed by atoms with Gasteiger partial charge in [-0.25, -0.2) is 4.98 Å². The van der Waals surface area contributed by atoms with E-state index in [1.807, 2.05) is 10.3 Å². The van der Waals surface area contributed by atoms with Gasteiger partial charge < -0.3 is 4.74 Å². The van der Waals surface area contributed by atoms with E-state index in [1.165, 1.54) is 0 Å². The average Bonchev–Trinajstić information content (AvgIpc) is 2.71. The summed E-state index contributed by atoms with van der Waals surface area (Å²) < 4.78 is 4.91. The van der Waals surface area contributed by atoms with Gasteiger partial charge in [0.05, 0.1) is 24.4 Å². The van der Waals surface area contributed by atoms with E-state index in [-0.39, 0.29) is 12.5 Å². The number of esters is 1. The zero-order chi connectivity index (χ0) is 11.8. The van der Waals surface area contributed by atoms with Crippen LogP contribution < -0.4 is 0 Å². The Balaban J connectivity index is 2.47. The first-order valence-corrected chi connectivity index (χ1v) is 6.06. The topological polar surface area (TPSA) is 42.4 Å². The van der Waals surface area contributed by atoms with Crippen LogP contribution in [0.1, 0.15) is 12.6 Å². The Labute approximate surface area is 99.6 Å². The molecular weight excluding hydrogens is 224 g/mol. The molecule has 0 atom stereocenters. The standard InChI is InChI=1S/C11H16N2O2S/c1-3-5-13(7-11(14)15-4-2)6-10-8-16-9-12-10/h3,8-9H,1,4-7H2,2H3. The molecule has 0 radical (unpaired) electrons. The van der Waals surface area contributed by atoms with E-state index in [1.54, 1.807) is 29.8 Å². The molecule has 1 rings (SSSR count). The van der Waals surface area contributed by atoms with Crippen molar-refractivity contribution in [1.29, 1.82) is 0 Å². The van der Waals surface area contributed by atoms with Crippen LogP contribution in [0, 0.1) is 0 Å². The van der Waals surface area contributed by atoms with Crippen LogP contribution >= 0.6 is 11.3 Å². The maximum atomic E-state index is 11.3. The number of hydrogen-bond donors (Lipinski definition) is 0. The lowest BCUT2D eigenvalue weighted by Crippen LogP contribution is -2.30. The summed E-state index contributed by atoms with van der Waals surface area (Å²) in [4.78, 5) is 17.5. The fraction of sp³-hybridized carbons (Fsp3) is 0.455. The van der Waals surface area contributed by atoms with Crippen LogP contribution in [0.15, 0.2) is 23.5 Å². The molecule has 5 heteroatoms. The van der Waals surface area contributed by atoms with Crippen molar-refractivity contribution in [2.45, 2.75) is 13.5 Å². The van der Waals surface area contributed by atoms with Gasteiger partial charge in [-0.15, -0.1) is 17.9 Å². The van der Waals surface area contributed by atoms with E-state index in [0.717, 1.165) is 5.69 Å². The summed E-state index contributed by atoms with van der Waals surface area (Å²) in [5.41, 5.74) is 2.75. The van der Waals surface area contributed by atoms with Crippen molar-refractivity contribution in [3.63, 3.8) is 0 Å². The smallest absolute Gasteiger partial charge is 0.320 e. The number of aromatic nitrogens is 1. The van der Waals surface area contributed by atoms with E-state index in [0.29, 0.717) is 19.7 Å². The molecule has 0 spiro atoms. The van der Waals surface area contributed by atoms with Crippen molar-refractivity contribution >= 4 is 17.3 Å². The summed E-state index contributed by atoms with van der Waals surface area (Å²) in [6.45, 7) is 7.46. The Morgan fingerprint density at radius 1 is 1.75 bits per heavy atom. The summed E-state index contributed by atoms with van der Waals surface area (Å²) in [5.74, 6) is -0.209. The summed E-state index contributed by atoms with van der Waals surface area (Å²) in [7, 11) is 0. The fourth-order valence-electron chi connectivity index (χ4n) is 1.30. The van der Waals surface area contributed by atoms with E-state index in [9.17, 15) is 4.79 Å². The lowest BCUT2D eigenvalue weighted by molar-refractivity contribution is -0.144. The fourth-order valence-corrected chi connectivity index (χ4v) is 1.85. The zero-order valence-electron chi connectivity index (χ0n) is 9.39. The molecule has 0 N–H and O–H groups in total. The zero-order valence-corrected chi connectivity index (χ0v) is 10.2. The molecular formula is C11H16N2O2S. The molecule has 0 bridgehead atoms. The van der Waals surface area contributed by atoms with E-state index < -0.39 is 0 Å². The minimum atomic E-state index is -0.209. The van der Waals surface area contributed by atoms with Crippen molar-refractivity contribution in [2.75, 3.05) is 19.7 Å². The van der Waals surface area contributed by atoms with Crippen LogP contribution in [0.4, 0.5) is 0 Å². The minimum absolute atomic E-state index is 0.209. The van der Waals surface area contributed by atoms with Crippen molar-refractivity contribution in [1.82, 2.24) is 9.88 Å². The Morgan fingerprint density at radius 2 is 2.56 bits per heavy atom. The first-order valence-electron chi connectivity index (χ1n) is 5.12. The van der Waals surface area contributed by atoms with Gasteiger partial charge in [0, 0.05) is 18.5 Å². The van der Waals surface area contributed by atoms with Gasteiger partial charge in [0.1, 0.15) is 0 Å². The highest BCUT2D eigenvalue weighted by Crippen LogP contribution is 2.05. The number of ether oxygens (including phenoxy) is 1. The molecule has 0 fully saturated rings. The van der Waals surface area contributed by atoms with Crippen molar-refractivity contribution < 1.29 is 9.53 Å². The lowest BCUT2D eigenvalue weighted by atomic mass is 10.4. The molecule has 0 amide bonds. The summed E-state index contributed by atoms with van der Waals surface area (Å²) in [6.07, 6.45) is 1.77. The highest BCUT2D eigenvalue weighted by molar-refractivity contribution is 7.07. The van der Waals surface area contributed by atoms with Crippen molar-refractivity contribution in [3.8, 4) is 0 Å². The van der Waals surface area contributed by atoms with Gasteiger partial charge in [-0.05, 0) is 6.92 Å². The predicted octanol–water partition coefficient (Wildman–Crippen LogP) is 1.69. The number of carbonyl (C=O) groups excluding carboxylic acids is 1. The molecule has 1 heterocycles. The Kier molecular flexibility index (Phi) is 5.74. The third kappa shape index (κ3) is 4.55. The summed E-state index contributed by atoms with van der Waals surface area (Å²) >= 11 is 1.55. The molecule has 16 heavy (non-hydrogen) atoms. The van der Waals surface area contributed by atoms with Crippen LogP contribution in [0.5, 0.6) is 0 Å². The van der Waals surface area contributed by atoms with Crippen LogP contribution in [-0.4, -0.2) is 35.5 Å². The van der Waals surface area contributed by atoms with Crippen molar-refractivity contribution in [2.24, 2.45) is 0 Å². The predicted molar refractivity (Wildman–Crippen MR) is 64.2 cm³/mol. The highest BCUT2D eigenvalue weighted by atomic mass is 32.1. The molecule has 0 saturated carbocycles. The molecule has 0 saturated heterocycles. The van der Waals surface area contributed by atoms with Gasteiger partial charge in [-0.3, -0.25) is 9.69 Å². The molecule has 0 unspecified atom stereocenters. The van der Waals surface area contributed by atoms with E-state index in [2.05, 4.69) is 11.6 Å². The second-order valence-corrected chi connectivity index (χ2v) is 3.96. The molecule has 4 nitrogen and oxygen atoms in total. The maximum Gasteiger partial charge on any atom is 0.320 e. The van der Waals surface area contributed by atoms with Gasteiger partial charge in [0.15, 0.2) is 0 Å². The Hall–Kier alpha value is -1.20. The molecule has 88 valence electrons. The molecule has 0 aliphatic heterocycles. The second-order valence-electron chi connectivity index (χ2n) is 3.24.